The number of carbonyl (C=O) groups excluding carboxylic acids is 8. The Morgan fingerprint density at radius 2 is 1.30 bits per heavy atom. The molecule has 2 bridgehead atoms. The summed E-state index contributed by atoms with van der Waals surface area (Å²) < 4.78 is 29.7. The summed E-state index contributed by atoms with van der Waals surface area (Å²) in [6, 6.07) is -11.8. The highest BCUT2D eigenvalue weighted by Crippen LogP contribution is 2.35. The van der Waals surface area contributed by atoms with Gasteiger partial charge in [-0.15, -0.1) is 0 Å². The monoisotopic (exact) mass is 1070 g/mol. The van der Waals surface area contributed by atoms with Crippen LogP contribution in [0.5, 0.6) is 0 Å². The summed E-state index contributed by atoms with van der Waals surface area (Å²) in [7, 11) is 0. The average Bonchev–Trinajstić information content (AvgIpc) is 3.77. The van der Waals surface area contributed by atoms with E-state index in [0.29, 0.717) is 0 Å². The number of amides is 8. The fourth-order valence-electron chi connectivity index (χ4n) is 7.65. The minimum absolute atomic E-state index is 0.0790. The summed E-state index contributed by atoms with van der Waals surface area (Å²) in [5, 5.41) is 87.4. The zero-order valence-electron chi connectivity index (χ0n) is 40.9. The molecule has 17 unspecified atom stereocenters. The molecule has 3 fully saturated rings. The Morgan fingerprint density at radius 3 is 1.88 bits per heavy atom. The summed E-state index contributed by atoms with van der Waals surface area (Å²) in [6.45, 7) is 3.85. The fourth-order valence-corrected chi connectivity index (χ4v) is 7.65. The van der Waals surface area contributed by atoms with Crippen LogP contribution in [-0.2, 0) is 76.4 Å². The lowest BCUT2D eigenvalue weighted by molar-refractivity contribution is -0.313. The van der Waals surface area contributed by atoms with Gasteiger partial charge < -0.3 is 108 Å². The van der Waals surface area contributed by atoms with Gasteiger partial charge in [-0.05, 0) is 40.0 Å². The van der Waals surface area contributed by atoms with Crippen LogP contribution in [0.15, 0.2) is 0 Å². The van der Waals surface area contributed by atoms with E-state index in [1.54, 1.807) is 0 Å². The number of carboxylic acids is 3. The van der Waals surface area contributed by atoms with Crippen LogP contribution in [0.25, 0.3) is 0 Å². The highest BCUT2D eigenvalue weighted by atomic mass is 16.8. The molecule has 0 saturated carbocycles. The van der Waals surface area contributed by atoms with Crippen molar-refractivity contribution in [2.24, 2.45) is 5.73 Å². The molecule has 17 atom stereocenters. The lowest BCUT2D eigenvalue weighted by atomic mass is 9.95. The van der Waals surface area contributed by atoms with Crippen molar-refractivity contribution in [2.45, 2.75) is 170 Å². The minimum atomic E-state index is -1.75. The normalized spacial score (nSPS) is 26.9. The molecule has 0 spiro atoms. The van der Waals surface area contributed by atoms with E-state index in [0.717, 1.165) is 13.8 Å². The minimum Gasteiger partial charge on any atom is -0.481 e. The van der Waals surface area contributed by atoms with Gasteiger partial charge in [0, 0.05) is 26.8 Å². The van der Waals surface area contributed by atoms with Crippen molar-refractivity contribution in [1.82, 2.24) is 42.5 Å². The van der Waals surface area contributed by atoms with E-state index in [4.69, 9.17) is 34.5 Å². The van der Waals surface area contributed by atoms with Crippen LogP contribution < -0.4 is 48.3 Å². The average molecular weight is 1070 g/mol. The molecule has 0 aromatic rings. The van der Waals surface area contributed by atoms with Gasteiger partial charge in [0.25, 0.3) is 0 Å². The quantitative estimate of drug-likeness (QED) is 0.0309. The first-order valence-corrected chi connectivity index (χ1v) is 23.3. The second kappa shape index (κ2) is 29.0. The van der Waals surface area contributed by atoms with E-state index >= 15 is 0 Å². The van der Waals surface area contributed by atoms with Gasteiger partial charge in [0.05, 0.1) is 32.3 Å². The predicted molar refractivity (Wildman–Crippen MR) is 242 cm³/mol. The van der Waals surface area contributed by atoms with Crippen LogP contribution in [0, 0.1) is 0 Å². The van der Waals surface area contributed by atoms with E-state index in [-0.39, 0.29) is 26.0 Å². The molecule has 0 aromatic heterocycles. The van der Waals surface area contributed by atoms with Crippen molar-refractivity contribution in [1.29, 1.82) is 0 Å². The second-order valence-corrected chi connectivity index (χ2v) is 17.6. The number of aliphatic hydroxyl groups is 4. The number of hydrogen-bond acceptors (Lipinski definition) is 21. The first-order chi connectivity index (χ1) is 34.7. The Labute approximate surface area is 421 Å². The molecule has 0 aromatic carbocycles. The maximum Gasteiger partial charge on any atom is 0.326 e. The number of hydrogen-bond donors (Lipinski definition) is 16. The highest BCUT2D eigenvalue weighted by Gasteiger charge is 2.56. The van der Waals surface area contributed by atoms with Crippen LogP contribution >= 0.6 is 0 Å². The van der Waals surface area contributed by atoms with Crippen LogP contribution in [0.3, 0.4) is 0 Å². The first-order valence-electron chi connectivity index (χ1n) is 23.3. The van der Waals surface area contributed by atoms with Gasteiger partial charge in [-0.3, -0.25) is 47.9 Å². The van der Waals surface area contributed by atoms with Crippen molar-refractivity contribution in [3.63, 3.8) is 0 Å². The Kier molecular flexibility index (Phi) is 24.3. The van der Waals surface area contributed by atoms with E-state index in [1.807, 2.05) is 0 Å². The molecule has 3 saturated heterocycles. The summed E-state index contributed by atoms with van der Waals surface area (Å²) in [5.41, 5.74) is 5.48. The van der Waals surface area contributed by atoms with Gasteiger partial charge in [-0.25, -0.2) is 4.79 Å². The number of aliphatic carboxylic acids is 3. The van der Waals surface area contributed by atoms with Crippen molar-refractivity contribution < 1.29 is 112 Å². The van der Waals surface area contributed by atoms with E-state index in [9.17, 15) is 83.4 Å². The van der Waals surface area contributed by atoms with Crippen LogP contribution in [0.4, 0.5) is 0 Å². The molecule has 32 heteroatoms. The summed E-state index contributed by atoms with van der Waals surface area (Å²) >= 11 is 0. The second-order valence-electron chi connectivity index (χ2n) is 17.6. The smallest absolute Gasteiger partial charge is 0.326 e. The van der Waals surface area contributed by atoms with Gasteiger partial charge in [0.2, 0.25) is 47.3 Å². The molecule has 418 valence electrons. The first kappa shape index (κ1) is 62.1. The van der Waals surface area contributed by atoms with Gasteiger partial charge in [-0.2, -0.15) is 0 Å². The molecule has 3 heterocycles. The number of ether oxygens (including phenoxy) is 5. The molecule has 0 aliphatic carbocycles. The molecule has 17 N–H and O–H groups in total. The third kappa shape index (κ3) is 18.3. The van der Waals surface area contributed by atoms with Crippen LogP contribution in [0.2, 0.25) is 0 Å². The summed E-state index contributed by atoms with van der Waals surface area (Å²) in [6.07, 6.45) is -14.8. The number of rotatable bonds is 29. The molecule has 8 amide bonds. The number of nitrogens with one attached hydrogen (secondary N) is 8. The summed E-state index contributed by atoms with van der Waals surface area (Å²) in [5.74, 6) is -11.5. The van der Waals surface area contributed by atoms with Crippen LogP contribution in [0.1, 0.15) is 66.7 Å². The number of fused-ring (bicyclic) bond motifs is 2. The van der Waals surface area contributed by atoms with E-state index in [2.05, 4.69) is 42.5 Å². The lowest BCUT2D eigenvalue weighted by Crippen LogP contribution is -2.68. The zero-order valence-corrected chi connectivity index (χ0v) is 40.9. The molecular weight excluding hydrogens is 999 g/mol. The SMILES string of the molecule is CC(=O)NC1C(OC2C3COC(O3)C(NC(C)=O)C2OC(C)C(=O)NC(C)C(=O)NC(CCC(=O)NC(CCCNC(=O)C(CO)NC(=O)C(N)CC(=O)O)C(=O)NC(C)C(=O)O)C(=O)O)OC(CO)C(O)C1O. The van der Waals surface area contributed by atoms with Gasteiger partial charge in [0.15, 0.2) is 12.6 Å². The number of nitrogens with two attached hydrogens (primary N) is 1. The number of carbonyl (C=O) groups is 11. The lowest BCUT2D eigenvalue weighted by Gasteiger charge is -2.47. The van der Waals surface area contributed by atoms with E-state index < -0.39 is 201 Å². The number of carboxylic acid groups (broad SMARTS) is 3. The molecule has 32 nitrogen and oxygen atoms in total. The topological polar surface area (TPSA) is 498 Å². The van der Waals surface area contributed by atoms with E-state index in [1.165, 1.54) is 20.8 Å². The maximum atomic E-state index is 13.6. The third-order valence-corrected chi connectivity index (χ3v) is 11.6. The van der Waals surface area contributed by atoms with Crippen LogP contribution in [-0.4, -0.2) is 231 Å². The van der Waals surface area contributed by atoms with Crippen molar-refractivity contribution in [3.8, 4) is 0 Å². The maximum absolute atomic E-state index is 13.6. The van der Waals surface area contributed by atoms with Crippen molar-refractivity contribution in [3.05, 3.63) is 0 Å². The Balaban J connectivity index is 1.65. The third-order valence-electron chi connectivity index (χ3n) is 11.6. The predicted octanol–water partition coefficient (Wildman–Crippen LogP) is -8.55. The molecular formula is C42H67N9O23. The molecule has 3 aliphatic rings. The van der Waals surface area contributed by atoms with Crippen molar-refractivity contribution in [2.75, 3.05) is 26.4 Å². The largest absolute Gasteiger partial charge is 0.481 e. The molecule has 0 radical (unpaired) electrons. The fraction of sp³-hybridized carbons (Fsp3) is 0.738. The Hall–Kier alpha value is -6.23. The molecule has 74 heavy (non-hydrogen) atoms. The van der Waals surface area contributed by atoms with Gasteiger partial charge >= 0.3 is 17.9 Å². The van der Waals surface area contributed by atoms with Crippen molar-refractivity contribution >= 4 is 65.2 Å². The Bertz CT molecular complexity index is 2040. The Morgan fingerprint density at radius 1 is 0.676 bits per heavy atom. The number of aliphatic hydroxyl groups excluding tert-OH is 4. The highest BCUT2D eigenvalue weighted by molar-refractivity contribution is 5.93. The zero-order chi connectivity index (χ0) is 55.7. The molecule has 3 aliphatic heterocycles. The standard InChI is InChI=1S/C42H67N9O23/c1-15(45-35(62)17(3)71-33-29(48-19(5)55)41-70-14-25(73-41)32(33)74-42-28(47-18(4)54)31(60)30(59)24(13-53)72-42)34(61)50-22(40(68)69)8-9-26(56)49-21(38(65)46-16(2)39(66)67)7-6-10-44-37(64)23(12-52)51-36(63)20(43)11-27(57)58/h15-17,20-25,28-33,41-42,52-53,59-60H,6-14,43H2,1-5H3,(H,44,64)(H,45,62)(H,46,65)(H,47,54)(H,48,55)(H,49,56)(H,50,61)(H,51,63)(H,57,58)(H,66,67)(H,68,69). The van der Waals surface area contributed by atoms with Gasteiger partial charge in [0.1, 0.15) is 85.0 Å². The molecule has 3 rings (SSSR count). The summed E-state index contributed by atoms with van der Waals surface area (Å²) in [4.78, 5) is 137. The van der Waals surface area contributed by atoms with Gasteiger partial charge in [-0.1, -0.05) is 0 Å².